The number of aromatic nitrogens is 1. The van der Waals surface area contributed by atoms with Crippen molar-refractivity contribution >= 4 is 23.1 Å². The van der Waals surface area contributed by atoms with Gasteiger partial charge in [0.1, 0.15) is 0 Å². The Balaban J connectivity index is 2.24. The molecule has 1 heterocycles. The summed E-state index contributed by atoms with van der Waals surface area (Å²) in [5, 5.41) is 0. The summed E-state index contributed by atoms with van der Waals surface area (Å²) in [6.45, 7) is 3.81. The zero-order valence-electron chi connectivity index (χ0n) is 11.3. The molecule has 1 aromatic heterocycles. The van der Waals surface area contributed by atoms with Crippen molar-refractivity contribution in [2.45, 2.75) is 45.6 Å². The van der Waals surface area contributed by atoms with Gasteiger partial charge >= 0.3 is 0 Å². The van der Waals surface area contributed by atoms with Crippen LogP contribution in [-0.2, 0) is 0 Å². The third-order valence-electron chi connectivity index (χ3n) is 3.45. The summed E-state index contributed by atoms with van der Waals surface area (Å²) < 4.78 is 5.41. The van der Waals surface area contributed by atoms with Crippen molar-refractivity contribution in [2.75, 3.05) is 6.54 Å². The fourth-order valence-corrected chi connectivity index (χ4v) is 2.75. The van der Waals surface area contributed by atoms with Gasteiger partial charge in [-0.05, 0) is 19.8 Å². The molecule has 1 amide bonds. The zero-order chi connectivity index (χ0) is 14.0. The third kappa shape index (κ3) is 3.12. The predicted octanol–water partition coefficient (Wildman–Crippen LogP) is 1.96. The van der Waals surface area contributed by atoms with Crippen LogP contribution in [0.5, 0.6) is 0 Å². The van der Waals surface area contributed by atoms with E-state index in [9.17, 15) is 4.79 Å². The highest BCUT2D eigenvalue weighted by molar-refractivity contribution is 7.80. The number of nitrogens with two attached hydrogens (primary N) is 1. The summed E-state index contributed by atoms with van der Waals surface area (Å²) in [5.74, 6) is 0.654. The van der Waals surface area contributed by atoms with Gasteiger partial charge in [-0.2, -0.15) is 0 Å². The molecule has 2 N–H and O–H groups in total. The number of amides is 1. The van der Waals surface area contributed by atoms with Gasteiger partial charge in [0.2, 0.25) is 5.76 Å². The van der Waals surface area contributed by atoms with E-state index in [1.54, 1.807) is 18.7 Å². The lowest BCUT2D eigenvalue weighted by molar-refractivity contribution is 0.0680. The van der Waals surface area contributed by atoms with Gasteiger partial charge in [0, 0.05) is 13.0 Å². The Bertz CT molecular complexity index is 492. The molecule has 0 atom stereocenters. The van der Waals surface area contributed by atoms with Crippen molar-refractivity contribution in [2.24, 2.45) is 5.73 Å². The maximum atomic E-state index is 12.6. The molecule has 1 aliphatic rings. The molecular formula is C13H19N3O2S. The van der Waals surface area contributed by atoms with Crippen LogP contribution in [0.4, 0.5) is 0 Å². The van der Waals surface area contributed by atoms with Gasteiger partial charge in [-0.15, -0.1) is 0 Å². The first-order chi connectivity index (χ1) is 8.99. The average molecular weight is 281 g/mol. The highest BCUT2D eigenvalue weighted by atomic mass is 32.1. The standard InChI is InChI=1S/C13H19N3O2S/c1-8-12(18-9(2)15-8)13(17)16(7-11(14)19)10-5-3-4-6-10/h10H,3-7H2,1-2H3,(H2,14,19). The summed E-state index contributed by atoms with van der Waals surface area (Å²) in [6.07, 6.45) is 4.28. The minimum absolute atomic E-state index is 0.155. The van der Waals surface area contributed by atoms with Crippen molar-refractivity contribution in [1.29, 1.82) is 0 Å². The van der Waals surface area contributed by atoms with Gasteiger partial charge < -0.3 is 15.1 Å². The molecule has 0 aliphatic heterocycles. The van der Waals surface area contributed by atoms with Crippen LogP contribution in [0, 0.1) is 13.8 Å². The van der Waals surface area contributed by atoms with Gasteiger partial charge in [-0.3, -0.25) is 4.79 Å². The van der Waals surface area contributed by atoms with Gasteiger partial charge in [-0.25, -0.2) is 4.98 Å². The molecule has 1 aromatic rings. The van der Waals surface area contributed by atoms with Crippen LogP contribution < -0.4 is 5.73 Å². The average Bonchev–Trinajstić information content (AvgIpc) is 2.94. The zero-order valence-corrected chi connectivity index (χ0v) is 12.1. The maximum absolute atomic E-state index is 12.6. The smallest absolute Gasteiger partial charge is 0.292 e. The number of carbonyl (C=O) groups is 1. The Morgan fingerprint density at radius 2 is 2.11 bits per heavy atom. The quantitative estimate of drug-likeness (QED) is 0.854. The topological polar surface area (TPSA) is 72.4 Å². The van der Waals surface area contributed by atoms with Gasteiger partial charge in [0.25, 0.3) is 5.91 Å². The van der Waals surface area contributed by atoms with E-state index >= 15 is 0 Å². The molecule has 0 unspecified atom stereocenters. The minimum atomic E-state index is -0.155. The Labute approximate surface area is 118 Å². The summed E-state index contributed by atoms with van der Waals surface area (Å²) in [6, 6.07) is 0.207. The fourth-order valence-electron chi connectivity index (χ4n) is 2.61. The first kappa shape index (κ1) is 14.0. The van der Waals surface area contributed by atoms with Crippen molar-refractivity contribution in [1.82, 2.24) is 9.88 Å². The minimum Gasteiger partial charge on any atom is -0.436 e. The van der Waals surface area contributed by atoms with Crippen LogP contribution in [0.3, 0.4) is 0 Å². The van der Waals surface area contributed by atoms with E-state index in [2.05, 4.69) is 4.98 Å². The Morgan fingerprint density at radius 1 is 1.47 bits per heavy atom. The molecule has 6 heteroatoms. The SMILES string of the molecule is Cc1nc(C)c(C(=O)N(CC(N)=S)C2CCCC2)o1. The van der Waals surface area contributed by atoms with E-state index in [1.807, 2.05) is 0 Å². The van der Waals surface area contributed by atoms with E-state index in [0.717, 1.165) is 25.7 Å². The number of hydrogen-bond acceptors (Lipinski definition) is 4. The summed E-state index contributed by atoms with van der Waals surface area (Å²) in [5.41, 5.74) is 6.23. The van der Waals surface area contributed by atoms with Crippen molar-refractivity contribution in [3.8, 4) is 0 Å². The van der Waals surface area contributed by atoms with Crippen molar-refractivity contribution in [3.05, 3.63) is 17.3 Å². The van der Waals surface area contributed by atoms with E-state index in [0.29, 0.717) is 28.9 Å². The summed E-state index contributed by atoms with van der Waals surface area (Å²) >= 11 is 4.95. The van der Waals surface area contributed by atoms with Crippen LogP contribution in [0.1, 0.15) is 47.8 Å². The lowest BCUT2D eigenvalue weighted by Crippen LogP contribution is -2.43. The number of aryl methyl sites for hydroxylation is 2. The van der Waals surface area contributed by atoms with Gasteiger partial charge in [-0.1, -0.05) is 25.1 Å². The van der Waals surface area contributed by atoms with Crippen LogP contribution in [0.2, 0.25) is 0 Å². The summed E-state index contributed by atoms with van der Waals surface area (Å²) in [4.78, 5) is 18.8. The number of nitrogens with zero attached hydrogens (tertiary/aromatic N) is 2. The molecule has 0 radical (unpaired) electrons. The van der Waals surface area contributed by atoms with Crippen LogP contribution in [-0.4, -0.2) is 33.4 Å². The number of carbonyl (C=O) groups excluding carboxylic acids is 1. The largest absolute Gasteiger partial charge is 0.436 e. The van der Waals surface area contributed by atoms with Gasteiger partial charge in [0.15, 0.2) is 5.89 Å². The number of thiocarbonyl (C=S) groups is 1. The molecule has 1 saturated carbocycles. The first-order valence-corrected chi connectivity index (χ1v) is 6.93. The molecular weight excluding hydrogens is 262 g/mol. The molecule has 1 fully saturated rings. The van der Waals surface area contributed by atoms with Crippen LogP contribution in [0.25, 0.3) is 0 Å². The second kappa shape index (κ2) is 5.69. The molecule has 19 heavy (non-hydrogen) atoms. The molecule has 0 bridgehead atoms. The van der Waals surface area contributed by atoms with E-state index in [4.69, 9.17) is 22.4 Å². The molecule has 104 valence electrons. The first-order valence-electron chi connectivity index (χ1n) is 6.52. The van der Waals surface area contributed by atoms with Gasteiger partial charge in [0.05, 0.1) is 17.2 Å². The second-order valence-corrected chi connectivity index (χ2v) is 5.51. The second-order valence-electron chi connectivity index (χ2n) is 4.99. The Morgan fingerprint density at radius 3 is 2.58 bits per heavy atom. The summed E-state index contributed by atoms with van der Waals surface area (Å²) in [7, 11) is 0. The van der Waals surface area contributed by atoms with E-state index in [1.165, 1.54) is 0 Å². The van der Waals surface area contributed by atoms with E-state index in [-0.39, 0.29) is 11.9 Å². The Hall–Kier alpha value is -1.43. The Kier molecular flexibility index (Phi) is 4.19. The maximum Gasteiger partial charge on any atom is 0.292 e. The van der Waals surface area contributed by atoms with Crippen molar-refractivity contribution in [3.63, 3.8) is 0 Å². The molecule has 2 rings (SSSR count). The van der Waals surface area contributed by atoms with Crippen molar-refractivity contribution < 1.29 is 9.21 Å². The lowest BCUT2D eigenvalue weighted by atomic mass is 10.2. The predicted molar refractivity (Wildman–Crippen MR) is 76.1 cm³/mol. The molecule has 0 aromatic carbocycles. The normalized spacial score (nSPS) is 15.7. The monoisotopic (exact) mass is 281 g/mol. The third-order valence-corrected chi connectivity index (χ3v) is 3.58. The fraction of sp³-hybridized carbons (Fsp3) is 0.615. The highest BCUT2D eigenvalue weighted by Crippen LogP contribution is 2.25. The molecule has 0 spiro atoms. The van der Waals surface area contributed by atoms with Crippen LogP contribution >= 0.6 is 12.2 Å². The molecule has 5 nitrogen and oxygen atoms in total. The lowest BCUT2D eigenvalue weighted by Gasteiger charge is -2.27. The molecule has 1 aliphatic carbocycles. The number of hydrogen-bond donors (Lipinski definition) is 1. The van der Waals surface area contributed by atoms with Crippen LogP contribution in [0.15, 0.2) is 4.42 Å². The number of oxazole rings is 1. The molecule has 0 saturated heterocycles. The highest BCUT2D eigenvalue weighted by Gasteiger charge is 2.30. The number of rotatable bonds is 4. The van der Waals surface area contributed by atoms with E-state index < -0.39 is 0 Å².